The first kappa shape index (κ1) is 15.3. The molecule has 1 atom stereocenters. The zero-order valence-corrected chi connectivity index (χ0v) is 12.9. The lowest BCUT2D eigenvalue weighted by Gasteiger charge is -2.29. The van der Waals surface area contributed by atoms with E-state index in [0.29, 0.717) is 29.9 Å². The maximum absolute atomic E-state index is 12.5. The Bertz CT molecular complexity index is 532. The van der Waals surface area contributed by atoms with E-state index in [9.17, 15) is 4.79 Å². The summed E-state index contributed by atoms with van der Waals surface area (Å²) in [5.41, 5.74) is 0.526. The number of hydrogen-bond donors (Lipinski definition) is 0. The number of carbonyl (C=O) groups excluding carboxylic acids is 1. The fraction of sp³-hybridized carbons (Fsp3) is 0.562. The molecule has 0 N–H and O–H groups in total. The van der Waals surface area contributed by atoms with E-state index in [4.69, 9.17) is 5.26 Å². The molecule has 1 saturated heterocycles. The van der Waals surface area contributed by atoms with Gasteiger partial charge in [-0.05, 0) is 30.9 Å². The minimum atomic E-state index is 0.153. The van der Waals surface area contributed by atoms with E-state index in [1.165, 1.54) is 6.20 Å². The Labute approximate surface area is 126 Å². The zero-order chi connectivity index (χ0) is 15.4. The number of nitrogens with zero attached hydrogens (tertiary/aromatic N) is 4. The van der Waals surface area contributed by atoms with E-state index in [1.807, 2.05) is 22.9 Å². The lowest BCUT2D eigenvalue weighted by Crippen LogP contribution is -2.43. The molecule has 0 spiro atoms. The smallest absolute Gasteiger partial charge is 0.242 e. The van der Waals surface area contributed by atoms with Gasteiger partial charge in [0.2, 0.25) is 5.91 Å². The van der Waals surface area contributed by atoms with Crippen LogP contribution >= 0.6 is 0 Å². The molecule has 5 heteroatoms. The van der Waals surface area contributed by atoms with Crippen LogP contribution in [0.1, 0.15) is 32.3 Å². The first-order valence-corrected chi connectivity index (χ1v) is 7.39. The normalized spacial score (nSPS) is 17.9. The largest absolute Gasteiger partial charge is 0.350 e. The van der Waals surface area contributed by atoms with E-state index in [-0.39, 0.29) is 5.91 Å². The Morgan fingerprint density at radius 1 is 1.57 bits per heavy atom. The minimum absolute atomic E-state index is 0.153. The summed E-state index contributed by atoms with van der Waals surface area (Å²) in [4.78, 5) is 20.5. The fourth-order valence-electron chi connectivity index (χ4n) is 2.85. The molecule has 0 radical (unpaired) electrons. The highest BCUT2D eigenvalue weighted by Gasteiger charge is 2.31. The predicted molar refractivity (Wildman–Crippen MR) is 81.8 cm³/mol. The van der Waals surface area contributed by atoms with Crippen LogP contribution in [-0.2, 0) is 4.79 Å². The van der Waals surface area contributed by atoms with Gasteiger partial charge in [-0.3, -0.25) is 4.79 Å². The van der Waals surface area contributed by atoms with Gasteiger partial charge in [0.15, 0.2) is 0 Å². The zero-order valence-electron chi connectivity index (χ0n) is 12.9. The van der Waals surface area contributed by atoms with Crippen molar-refractivity contribution >= 4 is 11.7 Å². The van der Waals surface area contributed by atoms with Crippen molar-refractivity contribution < 1.29 is 4.79 Å². The van der Waals surface area contributed by atoms with Gasteiger partial charge in [0.25, 0.3) is 0 Å². The van der Waals surface area contributed by atoms with Gasteiger partial charge in [0.1, 0.15) is 11.9 Å². The average molecular weight is 286 g/mol. The Morgan fingerprint density at radius 2 is 2.33 bits per heavy atom. The van der Waals surface area contributed by atoms with Gasteiger partial charge in [-0.25, -0.2) is 4.98 Å². The van der Waals surface area contributed by atoms with Crippen LogP contribution in [-0.4, -0.2) is 42.0 Å². The molecule has 1 unspecified atom stereocenters. The Balaban J connectivity index is 2.00. The van der Waals surface area contributed by atoms with Crippen molar-refractivity contribution in [1.82, 2.24) is 9.88 Å². The van der Waals surface area contributed by atoms with Gasteiger partial charge >= 0.3 is 0 Å². The molecule has 5 nitrogen and oxygen atoms in total. The highest BCUT2D eigenvalue weighted by Crippen LogP contribution is 2.24. The summed E-state index contributed by atoms with van der Waals surface area (Å²) < 4.78 is 0. The lowest BCUT2D eigenvalue weighted by atomic mass is 10.0. The van der Waals surface area contributed by atoms with Crippen LogP contribution < -0.4 is 4.90 Å². The number of likely N-dealkylation sites (N-methyl/N-ethyl adjacent to an activating group) is 1. The molecule has 1 amide bonds. The van der Waals surface area contributed by atoms with E-state index in [2.05, 4.69) is 18.8 Å². The molecule has 2 heterocycles. The van der Waals surface area contributed by atoms with Crippen molar-refractivity contribution in [1.29, 1.82) is 5.26 Å². The van der Waals surface area contributed by atoms with Crippen LogP contribution in [0.3, 0.4) is 0 Å². The van der Waals surface area contributed by atoms with Gasteiger partial charge in [0.05, 0.1) is 12.1 Å². The van der Waals surface area contributed by atoms with E-state index in [1.54, 1.807) is 12.1 Å². The monoisotopic (exact) mass is 286 g/mol. The topological polar surface area (TPSA) is 60.2 Å². The number of carbonyl (C=O) groups is 1. The van der Waals surface area contributed by atoms with Crippen LogP contribution in [0.5, 0.6) is 0 Å². The third-order valence-corrected chi connectivity index (χ3v) is 4.03. The SMILES string of the molecule is CC(C)C1CCCN1C(=O)CN(C)c1ccc(C#N)cn1. The minimum Gasteiger partial charge on any atom is -0.350 e. The van der Waals surface area contributed by atoms with Gasteiger partial charge in [0, 0.05) is 25.8 Å². The quantitative estimate of drug-likeness (QED) is 0.850. The molecular weight excluding hydrogens is 264 g/mol. The summed E-state index contributed by atoms with van der Waals surface area (Å²) in [7, 11) is 1.85. The summed E-state index contributed by atoms with van der Waals surface area (Å²) in [6.45, 7) is 5.52. The summed E-state index contributed by atoms with van der Waals surface area (Å²) in [5.74, 6) is 1.36. The molecule has 1 aliphatic rings. The van der Waals surface area contributed by atoms with Crippen molar-refractivity contribution in [2.45, 2.75) is 32.7 Å². The molecule has 112 valence electrons. The molecule has 0 saturated carbocycles. The molecule has 0 bridgehead atoms. The number of nitriles is 1. The number of rotatable bonds is 4. The van der Waals surface area contributed by atoms with E-state index < -0.39 is 0 Å². The van der Waals surface area contributed by atoms with Crippen molar-refractivity contribution in [2.75, 3.05) is 25.0 Å². The predicted octanol–water partition coefficient (Wildman–Crippen LogP) is 2.04. The Kier molecular flexibility index (Phi) is 4.79. The molecule has 1 aromatic heterocycles. The molecule has 1 aromatic rings. The van der Waals surface area contributed by atoms with Crippen LogP contribution in [0, 0.1) is 17.2 Å². The third-order valence-electron chi connectivity index (χ3n) is 4.03. The van der Waals surface area contributed by atoms with E-state index >= 15 is 0 Å². The Morgan fingerprint density at radius 3 is 2.90 bits per heavy atom. The summed E-state index contributed by atoms with van der Waals surface area (Å²) in [6.07, 6.45) is 3.72. The molecule has 1 aliphatic heterocycles. The van der Waals surface area contributed by atoms with Crippen LogP contribution in [0.15, 0.2) is 18.3 Å². The summed E-state index contributed by atoms with van der Waals surface area (Å²) in [6, 6.07) is 5.89. The molecule has 2 rings (SSSR count). The molecular formula is C16H22N4O. The van der Waals surface area contributed by atoms with Crippen molar-refractivity contribution in [3.63, 3.8) is 0 Å². The highest BCUT2D eigenvalue weighted by molar-refractivity contribution is 5.81. The number of hydrogen-bond acceptors (Lipinski definition) is 4. The van der Waals surface area contributed by atoms with Crippen LogP contribution in [0.25, 0.3) is 0 Å². The second kappa shape index (κ2) is 6.57. The van der Waals surface area contributed by atoms with Gasteiger partial charge < -0.3 is 9.80 Å². The van der Waals surface area contributed by atoms with Crippen LogP contribution in [0.4, 0.5) is 5.82 Å². The number of anilines is 1. The van der Waals surface area contributed by atoms with Crippen molar-refractivity contribution in [2.24, 2.45) is 5.92 Å². The molecule has 0 aromatic carbocycles. The van der Waals surface area contributed by atoms with Crippen molar-refractivity contribution in [3.05, 3.63) is 23.9 Å². The molecule has 21 heavy (non-hydrogen) atoms. The average Bonchev–Trinajstić information content (AvgIpc) is 2.97. The number of pyridine rings is 1. The first-order chi connectivity index (χ1) is 10.0. The van der Waals surface area contributed by atoms with Gasteiger partial charge in [-0.1, -0.05) is 13.8 Å². The molecule has 1 fully saturated rings. The molecule has 0 aliphatic carbocycles. The van der Waals surface area contributed by atoms with Crippen molar-refractivity contribution in [3.8, 4) is 6.07 Å². The third kappa shape index (κ3) is 3.52. The number of likely N-dealkylation sites (tertiary alicyclic amines) is 1. The number of amides is 1. The fourth-order valence-corrected chi connectivity index (χ4v) is 2.85. The van der Waals surface area contributed by atoms with E-state index in [0.717, 1.165) is 19.4 Å². The van der Waals surface area contributed by atoms with Gasteiger partial charge in [-0.2, -0.15) is 5.26 Å². The highest BCUT2D eigenvalue weighted by atomic mass is 16.2. The number of aromatic nitrogens is 1. The van der Waals surface area contributed by atoms with Crippen LogP contribution in [0.2, 0.25) is 0 Å². The summed E-state index contributed by atoms with van der Waals surface area (Å²) >= 11 is 0. The second-order valence-corrected chi connectivity index (χ2v) is 5.91. The lowest BCUT2D eigenvalue weighted by molar-refractivity contribution is -0.131. The summed E-state index contributed by atoms with van der Waals surface area (Å²) in [5, 5.41) is 8.77. The second-order valence-electron chi connectivity index (χ2n) is 5.91. The maximum atomic E-state index is 12.5. The Hall–Kier alpha value is -2.09. The standard InChI is InChI=1S/C16H22N4O/c1-12(2)14-5-4-8-20(14)16(21)11-19(3)15-7-6-13(9-17)10-18-15/h6-7,10,12,14H,4-5,8,11H2,1-3H3. The first-order valence-electron chi connectivity index (χ1n) is 7.39. The maximum Gasteiger partial charge on any atom is 0.242 e. The van der Waals surface area contributed by atoms with Gasteiger partial charge in [-0.15, -0.1) is 0 Å².